The molecule has 6 heteroatoms. The lowest BCUT2D eigenvalue weighted by Gasteiger charge is -2.32. The smallest absolute Gasteiger partial charge is 0.213 e. The summed E-state index contributed by atoms with van der Waals surface area (Å²) in [5.74, 6) is 6.55. The van der Waals surface area contributed by atoms with Crippen LogP contribution in [0.4, 0.5) is 8.78 Å². The number of hydrogen-bond acceptors (Lipinski definition) is 4. The van der Waals surface area contributed by atoms with Crippen molar-refractivity contribution in [3.63, 3.8) is 0 Å². The molecule has 0 radical (unpaired) electrons. The van der Waals surface area contributed by atoms with Crippen LogP contribution in [0.2, 0.25) is 0 Å². The third-order valence-electron chi connectivity index (χ3n) is 6.24. The van der Waals surface area contributed by atoms with E-state index in [2.05, 4.69) is 47.2 Å². The van der Waals surface area contributed by atoms with Crippen LogP contribution in [0.5, 0.6) is 0 Å². The van der Waals surface area contributed by atoms with Crippen LogP contribution < -0.4 is 0 Å². The highest BCUT2D eigenvalue weighted by Crippen LogP contribution is 2.41. The summed E-state index contributed by atoms with van der Waals surface area (Å²) in [4.78, 5) is 10.1. The third kappa shape index (κ3) is 7.00. The van der Waals surface area contributed by atoms with E-state index in [-0.39, 0.29) is 12.0 Å². The second-order valence-electron chi connectivity index (χ2n) is 8.59. The summed E-state index contributed by atoms with van der Waals surface area (Å²) in [6, 6.07) is 13.4. The first-order valence-electron chi connectivity index (χ1n) is 12.7. The maximum atomic E-state index is 13.6. The quantitative estimate of drug-likeness (QED) is 0.279. The van der Waals surface area contributed by atoms with Crippen molar-refractivity contribution in [1.29, 1.82) is 0 Å². The molecule has 1 saturated carbocycles. The Morgan fingerprint density at radius 1 is 1.03 bits per heavy atom. The Labute approximate surface area is 223 Å². The first-order valence-corrected chi connectivity index (χ1v) is 13.5. The number of aromatic nitrogens is 2. The predicted molar refractivity (Wildman–Crippen MR) is 150 cm³/mol. The van der Waals surface area contributed by atoms with E-state index in [0.29, 0.717) is 18.8 Å². The molecule has 5 rings (SSSR count). The van der Waals surface area contributed by atoms with Crippen molar-refractivity contribution >= 4 is 11.3 Å². The van der Waals surface area contributed by atoms with Gasteiger partial charge in [0, 0.05) is 12.0 Å². The normalized spacial score (nSPS) is 22.5. The molecule has 0 saturated heterocycles. The van der Waals surface area contributed by atoms with E-state index in [1.54, 1.807) is 17.4 Å². The summed E-state index contributed by atoms with van der Waals surface area (Å²) >= 11 is 1.60. The molecular weight excluding hydrogens is 486 g/mol. The minimum atomic E-state index is -0.484. The second kappa shape index (κ2) is 14.0. The lowest BCUT2D eigenvalue weighted by molar-refractivity contribution is 0.0595. The van der Waals surface area contributed by atoms with Crippen LogP contribution in [-0.4, -0.2) is 28.4 Å². The maximum Gasteiger partial charge on any atom is 0.213 e. The van der Waals surface area contributed by atoms with E-state index >= 15 is 0 Å². The van der Waals surface area contributed by atoms with Gasteiger partial charge in [0.2, 0.25) is 5.95 Å². The summed E-state index contributed by atoms with van der Waals surface area (Å²) in [5, 5.41) is 10.6. The highest BCUT2D eigenvalue weighted by atomic mass is 32.1. The summed E-state index contributed by atoms with van der Waals surface area (Å²) in [7, 11) is 0.500. The van der Waals surface area contributed by atoms with Gasteiger partial charge in [0.05, 0.1) is 35.5 Å². The largest absolute Gasteiger partial charge is 0.393 e. The van der Waals surface area contributed by atoms with Gasteiger partial charge in [-0.2, -0.15) is 4.39 Å². The number of thiazole rings is 1. The fourth-order valence-corrected chi connectivity index (χ4v) is 5.54. The number of nitrogens with zero attached hydrogens (tertiary/aromatic N) is 2. The summed E-state index contributed by atoms with van der Waals surface area (Å²) in [6.07, 6.45) is 9.79. The molecule has 37 heavy (non-hydrogen) atoms. The molecule has 0 amide bonds. The van der Waals surface area contributed by atoms with Gasteiger partial charge < -0.3 is 5.11 Å². The van der Waals surface area contributed by atoms with Gasteiger partial charge in [-0.3, -0.25) is 4.39 Å². The Bertz CT molecular complexity index is 1280. The van der Waals surface area contributed by atoms with Gasteiger partial charge in [0.1, 0.15) is 5.01 Å². The molecule has 0 spiro atoms. The van der Waals surface area contributed by atoms with Crippen LogP contribution in [-0.2, 0) is 0 Å². The van der Waals surface area contributed by atoms with E-state index < -0.39 is 5.95 Å². The van der Waals surface area contributed by atoms with Gasteiger partial charge in [-0.1, -0.05) is 68.3 Å². The maximum absolute atomic E-state index is 13.6. The van der Waals surface area contributed by atoms with Crippen LogP contribution in [0.3, 0.4) is 0 Å². The molecule has 3 aromatic rings. The van der Waals surface area contributed by atoms with E-state index in [4.69, 9.17) is 4.98 Å². The molecule has 2 heterocycles. The molecule has 2 aliphatic rings. The molecule has 1 N–H and O–H groups in total. The molecular formula is C31H34F2N2OS. The zero-order chi connectivity index (χ0) is 26.8. The van der Waals surface area contributed by atoms with Crippen LogP contribution in [0.25, 0.3) is 21.0 Å². The highest BCUT2D eigenvalue weighted by molar-refractivity contribution is 7.18. The molecule has 0 aliphatic heterocycles. The van der Waals surface area contributed by atoms with Crippen molar-refractivity contribution in [1.82, 2.24) is 9.97 Å². The van der Waals surface area contributed by atoms with Crippen molar-refractivity contribution in [3.05, 3.63) is 83.6 Å². The number of pyridine rings is 1. The number of allylic oxidation sites excluding steroid dienone is 4. The SMILES string of the molecule is CC.CF.Cc1nc(F)ccc1-c1nc(C2C#CCC/C=C(C3CC(O)C3)\C=C/2)c(-c2ccccc2)s1. The van der Waals surface area contributed by atoms with Crippen molar-refractivity contribution in [2.75, 3.05) is 7.18 Å². The molecule has 2 aromatic heterocycles. The topological polar surface area (TPSA) is 46.0 Å². The number of halogens is 2. The van der Waals surface area contributed by atoms with Crippen molar-refractivity contribution in [3.8, 4) is 32.9 Å². The van der Waals surface area contributed by atoms with Crippen LogP contribution in [0, 0.1) is 30.6 Å². The molecule has 194 valence electrons. The predicted octanol–water partition coefficient (Wildman–Crippen LogP) is 8.07. The lowest BCUT2D eigenvalue weighted by atomic mass is 9.76. The Balaban J connectivity index is 0.000000907. The van der Waals surface area contributed by atoms with E-state index in [1.165, 1.54) is 11.6 Å². The number of aryl methyl sites for hydroxylation is 1. The van der Waals surface area contributed by atoms with Crippen molar-refractivity contribution < 1.29 is 13.9 Å². The second-order valence-corrected chi connectivity index (χ2v) is 9.59. The first kappa shape index (κ1) is 28.4. The molecule has 1 fully saturated rings. The van der Waals surface area contributed by atoms with Gasteiger partial charge >= 0.3 is 0 Å². The van der Waals surface area contributed by atoms with Gasteiger partial charge in [-0.25, -0.2) is 9.97 Å². The van der Waals surface area contributed by atoms with E-state index in [0.717, 1.165) is 52.4 Å². The lowest BCUT2D eigenvalue weighted by Crippen LogP contribution is -2.29. The number of hydrogen-bond donors (Lipinski definition) is 1. The minimum absolute atomic E-state index is 0.148. The van der Waals surface area contributed by atoms with Crippen LogP contribution >= 0.6 is 11.3 Å². The number of aliphatic hydroxyl groups is 1. The van der Waals surface area contributed by atoms with Gasteiger partial charge in [-0.05, 0) is 55.4 Å². The standard InChI is InChI=1S/C28H25FN2OS.C2H6.CH3F/c1-18-24(14-15-25(29)30-18)28-31-26(27(33-28)21-10-6-3-7-11-21)20-9-5-2-4-8-19(12-13-20)22-16-23(32)17-22;2*1-2/h3,6-8,10-15,20,22-23,32H,2,4,16-17H2,1H3;1-2H3;1H3/b13-12-,19-8+;;. The monoisotopic (exact) mass is 520 g/mol. The zero-order valence-corrected chi connectivity index (χ0v) is 22.7. The van der Waals surface area contributed by atoms with Gasteiger partial charge in [0.15, 0.2) is 0 Å². The molecule has 0 bridgehead atoms. The zero-order valence-electron chi connectivity index (χ0n) is 21.8. The summed E-state index contributed by atoms with van der Waals surface area (Å²) in [5.41, 5.74) is 4.76. The van der Waals surface area contributed by atoms with Gasteiger partial charge in [0.25, 0.3) is 0 Å². The molecule has 2 aliphatic carbocycles. The Kier molecular flexibility index (Phi) is 10.7. The minimum Gasteiger partial charge on any atom is -0.393 e. The summed E-state index contributed by atoms with van der Waals surface area (Å²) in [6.45, 7) is 5.81. The van der Waals surface area contributed by atoms with E-state index in [1.807, 2.05) is 39.0 Å². The molecule has 1 aromatic carbocycles. The highest BCUT2D eigenvalue weighted by Gasteiger charge is 2.29. The van der Waals surface area contributed by atoms with Crippen LogP contribution in [0.1, 0.15) is 56.8 Å². The van der Waals surface area contributed by atoms with E-state index in [9.17, 15) is 13.9 Å². The Morgan fingerprint density at radius 3 is 2.43 bits per heavy atom. The summed E-state index contributed by atoms with van der Waals surface area (Å²) < 4.78 is 23.1. The number of alkyl halides is 1. The Hall–Kier alpha value is -3.14. The number of rotatable bonds is 4. The average Bonchev–Trinajstić information content (AvgIpc) is 3.38. The molecule has 3 nitrogen and oxygen atoms in total. The number of benzene rings is 1. The first-order chi connectivity index (χ1) is 18.1. The van der Waals surface area contributed by atoms with Crippen molar-refractivity contribution in [2.24, 2.45) is 5.92 Å². The van der Waals surface area contributed by atoms with Crippen LogP contribution in [0.15, 0.2) is 66.3 Å². The van der Waals surface area contributed by atoms with Gasteiger partial charge in [-0.15, -0.1) is 17.3 Å². The average molecular weight is 521 g/mol. The molecule has 1 unspecified atom stereocenters. The molecule has 1 atom stereocenters. The van der Waals surface area contributed by atoms with Crippen molar-refractivity contribution in [2.45, 2.75) is 58.5 Å². The fourth-order valence-electron chi connectivity index (χ4n) is 4.35. The third-order valence-corrected chi connectivity index (χ3v) is 7.39. The number of aliphatic hydroxyl groups excluding tert-OH is 1. The Morgan fingerprint density at radius 2 is 1.76 bits per heavy atom. The fraction of sp³-hybridized carbons (Fsp3) is 0.355.